The molecule has 0 aromatic heterocycles. The van der Waals surface area contributed by atoms with Crippen molar-refractivity contribution in [3.63, 3.8) is 0 Å². The Hall–Kier alpha value is -3.15. The summed E-state index contributed by atoms with van der Waals surface area (Å²) in [4.78, 5) is 45.5. The highest BCUT2D eigenvalue weighted by Gasteiger charge is 2.36. The molecule has 3 atom stereocenters. The fraction of sp³-hybridized carbons (Fsp3) is 0.444. The molecule has 0 radical (unpaired) electrons. The van der Waals surface area contributed by atoms with Crippen LogP contribution < -0.4 is 9.80 Å². The highest BCUT2D eigenvalue weighted by atomic mass is 16.2. The molecule has 0 bridgehead atoms. The normalized spacial score (nSPS) is 17.7. The number of hydrogen-bond donors (Lipinski definition) is 0. The van der Waals surface area contributed by atoms with Gasteiger partial charge in [0.1, 0.15) is 6.54 Å². The van der Waals surface area contributed by atoms with E-state index in [1.165, 1.54) is 0 Å². The zero-order valence-corrected chi connectivity index (χ0v) is 20.3. The molecule has 1 heterocycles. The number of anilines is 2. The molecule has 1 aliphatic heterocycles. The first kappa shape index (κ1) is 24.5. The van der Waals surface area contributed by atoms with Gasteiger partial charge in [-0.25, -0.2) is 0 Å². The van der Waals surface area contributed by atoms with Crippen LogP contribution >= 0.6 is 0 Å². The van der Waals surface area contributed by atoms with Crippen molar-refractivity contribution in [2.24, 2.45) is 5.92 Å². The minimum absolute atomic E-state index is 0.0395. The van der Waals surface area contributed by atoms with Gasteiger partial charge in [-0.2, -0.15) is 0 Å². The lowest BCUT2D eigenvalue weighted by Gasteiger charge is -2.36. The Bertz CT molecular complexity index is 981. The third-order valence-corrected chi connectivity index (χ3v) is 6.59. The van der Waals surface area contributed by atoms with Gasteiger partial charge in [-0.1, -0.05) is 51.1 Å². The lowest BCUT2D eigenvalue weighted by atomic mass is 10.1. The molecule has 0 saturated carbocycles. The molecule has 1 aliphatic rings. The summed E-state index contributed by atoms with van der Waals surface area (Å²) in [5.74, 6) is -0.820. The molecule has 33 heavy (non-hydrogen) atoms. The third kappa shape index (κ3) is 5.10. The summed E-state index contributed by atoms with van der Waals surface area (Å²) in [6, 6.07) is 16.6. The van der Waals surface area contributed by atoms with Crippen LogP contribution in [-0.4, -0.2) is 47.8 Å². The molecule has 0 fully saturated rings. The van der Waals surface area contributed by atoms with Gasteiger partial charge in [0.2, 0.25) is 11.8 Å². The van der Waals surface area contributed by atoms with Crippen LogP contribution in [0, 0.1) is 5.92 Å². The molecule has 0 saturated heterocycles. The molecule has 3 unspecified atom stereocenters. The van der Waals surface area contributed by atoms with Gasteiger partial charge in [0, 0.05) is 24.2 Å². The first-order valence-corrected chi connectivity index (χ1v) is 11.9. The molecular weight excluding hydrogens is 414 g/mol. The molecule has 0 N–H and O–H groups in total. The quantitative estimate of drug-likeness (QED) is 0.613. The van der Waals surface area contributed by atoms with Crippen molar-refractivity contribution in [2.75, 3.05) is 22.9 Å². The second-order valence-electron chi connectivity index (χ2n) is 8.91. The van der Waals surface area contributed by atoms with E-state index in [1.807, 2.05) is 68.1 Å². The fourth-order valence-electron chi connectivity index (χ4n) is 4.38. The lowest BCUT2D eigenvalue weighted by Crippen LogP contribution is -2.50. The highest BCUT2D eigenvalue weighted by Crippen LogP contribution is 2.35. The number of carbonyl (C=O) groups excluding carboxylic acids is 3. The minimum Gasteiger partial charge on any atom is -0.336 e. The maximum absolute atomic E-state index is 13.5. The lowest BCUT2D eigenvalue weighted by molar-refractivity contribution is -0.135. The second kappa shape index (κ2) is 10.6. The van der Waals surface area contributed by atoms with Crippen molar-refractivity contribution < 1.29 is 14.4 Å². The fourth-order valence-corrected chi connectivity index (χ4v) is 4.38. The van der Waals surface area contributed by atoms with Crippen molar-refractivity contribution in [3.8, 4) is 0 Å². The Balaban J connectivity index is 2.00. The van der Waals surface area contributed by atoms with E-state index in [4.69, 9.17) is 0 Å². The molecule has 3 rings (SSSR count). The number of rotatable bonds is 7. The molecule has 2 aromatic carbocycles. The van der Waals surface area contributed by atoms with Gasteiger partial charge in [-0.15, -0.1) is 0 Å². The number of nitrogens with zero attached hydrogens (tertiary/aromatic N) is 3. The van der Waals surface area contributed by atoms with E-state index in [1.54, 1.807) is 21.9 Å². The van der Waals surface area contributed by atoms with Crippen molar-refractivity contribution >= 4 is 29.1 Å². The summed E-state index contributed by atoms with van der Waals surface area (Å²) in [7, 11) is 0. The number of benzene rings is 2. The van der Waals surface area contributed by atoms with Crippen LogP contribution in [0.4, 0.5) is 11.4 Å². The third-order valence-electron chi connectivity index (χ3n) is 6.59. The Morgan fingerprint density at radius 1 is 0.939 bits per heavy atom. The van der Waals surface area contributed by atoms with E-state index in [0.29, 0.717) is 16.9 Å². The molecule has 0 aliphatic carbocycles. The highest BCUT2D eigenvalue weighted by molar-refractivity contribution is 6.12. The average Bonchev–Trinajstić information content (AvgIpc) is 2.94. The molecule has 0 spiro atoms. The van der Waals surface area contributed by atoms with Crippen molar-refractivity contribution in [1.29, 1.82) is 0 Å². The number of para-hydroxylation sites is 2. The zero-order valence-electron chi connectivity index (χ0n) is 20.3. The van der Waals surface area contributed by atoms with E-state index >= 15 is 0 Å². The Morgan fingerprint density at radius 3 is 2.06 bits per heavy atom. The number of carbonyl (C=O) groups is 3. The monoisotopic (exact) mass is 449 g/mol. The molecular formula is C27H35N3O3. The predicted molar refractivity (Wildman–Crippen MR) is 132 cm³/mol. The summed E-state index contributed by atoms with van der Waals surface area (Å²) >= 11 is 0. The van der Waals surface area contributed by atoms with Gasteiger partial charge in [0.15, 0.2) is 0 Å². The molecule has 3 amide bonds. The van der Waals surface area contributed by atoms with Gasteiger partial charge in [-0.05, 0) is 51.0 Å². The Morgan fingerprint density at radius 2 is 1.48 bits per heavy atom. The van der Waals surface area contributed by atoms with E-state index in [2.05, 4.69) is 13.8 Å². The first-order valence-electron chi connectivity index (χ1n) is 11.9. The molecule has 6 nitrogen and oxygen atoms in total. The van der Waals surface area contributed by atoms with E-state index in [9.17, 15) is 14.4 Å². The van der Waals surface area contributed by atoms with Crippen molar-refractivity contribution in [1.82, 2.24) is 4.90 Å². The predicted octanol–water partition coefficient (Wildman–Crippen LogP) is 4.74. The van der Waals surface area contributed by atoms with Crippen molar-refractivity contribution in [3.05, 3.63) is 60.2 Å². The van der Waals surface area contributed by atoms with E-state index in [0.717, 1.165) is 12.8 Å². The maximum atomic E-state index is 13.5. The van der Waals surface area contributed by atoms with Crippen LogP contribution in [-0.2, 0) is 9.59 Å². The summed E-state index contributed by atoms with van der Waals surface area (Å²) in [5.41, 5.74) is 1.81. The summed E-state index contributed by atoms with van der Waals surface area (Å²) in [6.07, 6.45) is 1.69. The topological polar surface area (TPSA) is 60.9 Å². The summed E-state index contributed by atoms with van der Waals surface area (Å²) < 4.78 is 0. The molecule has 176 valence electrons. The largest absolute Gasteiger partial charge is 0.336 e. The standard InChI is InChI=1S/C27H35N3O3/c1-6-20(4)30(21(5)7-2)25(31)18-29-24-16-12-11-15-23(24)28(17-19(3)26(29)32)27(33)22-13-9-8-10-14-22/h8-16,19-21H,6-7,17-18H2,1-5H3. The van der Waals surface area contributed by atoms with Gasteiger partial charge in [0.25, 0.3) is 5.91 Å². The zero-order chi connectivity index (χ0) is 24.1. The van der Waals surface area contributed by atoms with Crippen LogP contribution in [0.2, 0.25) is 0 Å². The molecule has 2 aromatic rings. The van der Waals surface area contributed by atoms with Gasteiger partial charge in [0.05, 0.1) is 17.3 Å². The Kier molecular flexibility index (Phi) is 7.90. The van der Waals surface area contributed by atoms with Crippen LogP contribution in [0.3, 0.4) is 0 Å². The van der Waals surface area contributed by atoms with E-state index in [-0.39, 0.29) is 42.9 Å². The smallest absolute Gasteiger partial charge is 0.258 e. The second-order valence-corrected chi connectivity index (χ2v) is 8.91. The van der Waals surface area contributed by atoms with Gasteiger partial charge in [-0.3, -0.25) is 14.4 Å². The van der Waals surface area contributed by atoms with Crippen LogP contribution in [0.15, 0.2) is 54.6 Å². The SMILES string of the molecule is CCC(C)N(C(=O)CN1C(=O)C(C)CN(C(=O)c2ccccc2)c2ccccc21)C(C)CC. The molecule has 6 heteroatoms. The van der Waals surface area contributed by atoms with Gasteiger partial charge < -0.3 is 14.7 Å². The van der Waals surface area contributed by atoms with Crippen LogP contribution in [0.1, 0.15) is 57.8 Å². The van der Waals surface area contributed by atoms with Crippen LogP contribution in [0.5, 0.6) is 0 Å². The van der Waals surface area contributed by atoms with Crippen LogP contribution in [0.25, 0.3) is 0 Å². The number of amides is 3. The summed E-state index contributed by atoms with van der Waals surface area (Å²) in [6.45, 7) is 10.3. The number of fused-ring (bicyclic) bond motifs is 1. The van der Waals surface area contributed by atoms with Gasteiger partial charge >= 0.3 is 0 Å². The first-order chi connectivity index (χ1) is 15.8. The summed E-state index contributed by atoms with van der Waals surface area (Å²) in [5, 5.41) is 0. The Labute approximate surface area is 197 Å². The number of hydrogen-bond acceptors (Lipinski definition) is 3. The van der Waals surface area contributed by atoms with Crippen molar-refractivity contribution in [2.45, 2.75) is 59.5 Å². The van der Waals surface area contributed by atoms with E-state index < -0.39 is 5.92 Å². The average molecular weight is 450 g/mol. The maximum Gasteiger partial charge on any atom is 0.258 e. The minimum atomic E-state index is -0.446.